The van der Waals surface area contributed by atoms with E-state index in [0.29, 0.717) is 12.4 Å². The molecule has 1 aromatic heterocycles. The molecule has 2 heterocycles. The van der Waals surface area contributed by atoms with E-state index < -0.39 is 0 Å². The minimum Gasteiger partial charge on any atom is -0.379 e. The van der Waals surface area contributed by atoms with Gasteiger partial charge in [0.25, 0.3) is 5.89 Å². The number of aliphatic imine (C=N–C) groups is 1. The largest absolute Gasteiger partial charge is 0.379 e. The van der Waals surface area contributed by atoms with Crippen LogP contribution in [0.1, 0.15) is 37.6 Å². The topological polar surface area (TPSA) is 93.8 Å². The van der Waals surface area contributed by atoms with Gasteiger partial charge in [-0.3, -0.25) is 4.99 Å². The first kappa shape index (κ1) is 21.3. The van der Waals surface area contributed by atoms with Crippen LogP contribution in [-0.2, 0) is 22.4 Å². The van der Waals surface area contributed by atoms with Gasteiger partial charge in [0.05, 0.1) is 12.7 Å². The fourth-order valence-corrected chi connectivity index (χ4v) is 3.09. The smallest absolute Gasteiger partial charge is 0.257 e. The Hall–Kier alpha value is -2.45. The van der Waals surface area contributed by atoms with Crippen LogP contribution in [0.2, 0.25) is 0 Å². The number of guanidine groups is 1. The van der Waals surface area contributed by atoms with Crippen molar-refractivity contribution in [1.29, 1.82) is 0 Å². The molecule has 158 valence electrons. The van der Waals surface area contributed by atoms with Gasteiger partial charge in [0, 0.05) is 45.3 Å². The zero-order valence-electron chi connectivity index (χ0n) is 17.3. The molecule has 2 N–H and O–H groups in total. The Labute approximate surface area is 172 Å². The average Bonchev–Trinajstić information content (AvgIpc) is 3.43. The summed E-state index contributed by atoms with van der Waals surface area (Å²) in [4.78, 5) is 8.73. The van der Waals surface area contributed by atoms with Crippen molar-refractivity contribution in [2.24, 2.45) is 4.99 Å². The first-order valence-electron chi connectivity index (χ1n) is 10.3. The standard InChI is InChI=1S/C21H31N5O3/c1-3-6-19-25-20(29-26-19)17-8-4-7-16(13-17)14-24-21(22-2)23-10-5-11-28-18-9-12-27-15-18/h4,7-8,13,18H,3,5-6,9-12,14-15H2,1-2H3,(H2,22,23,24). The van der Waals surface area contributed by atoms with E-state index >= 15 is 0 Å². The monoisotopic (exact) mass is 401 g/mol. The van der Waals surface area contributed by atoms with Crippen LogP contribution < -0.4 is 10.6 Å². The summed E-state index contributed by atoms with van der Waals surface area (Å²) in [5.41, 5.74) is 2.04. The Kier molecular flexibility index (Phi) is 8.45. The van der Waals surface area contributed by atoms with Gasteiger partial charge in [-0.2, -0.15) is 4.98 Å². The van der Waals surface area contributed by atoms with Gasteiger partial charge in [-0.1, -0.05) is 24.2 Å². The average molecular weight is 402 g/mol. The predicted octanol–water partition coefficient (Wildman–Crippen LogP) is 2.55. The molecule has 1 atom stereocenters. The highest BCUT2D eigenvalue weighted by Crippen LogP contribution is 2.19. The van der Waals surface area contributed by atoms with E-state index in [4.69, 9.17) is 14.0 Å². The summed E-state index contributed by atoms with van der Waals surface area (Å²) in [6.45, 7) is 5.81. The second-order valence-electron chi connectivity index (χ2n) is 7.03. The zero-order chi connectivity index (χ0) is 20.3. The molecule has 3 rings (SSSR count). The molecule has 29 heavy (non-hydrogen) atoms. The van der Waals surface area contributed by atoms with Crippen molar-refractivity contribution in [2.45, 2.75) is 45.3 Å². The second kappa shape index (κ2) is 11.5. The van der Waals surface area contributed by atoms with E-state index in [1.807, 2.05) is 12.1 Å². The van der Waals surface area contributed by atoms with Crippen LogP contribution in [0, 0.1) is 0 Å². The summed E-state index contributed by atoms with van der Waals surface area (Å²) in [5, 5.41) is 10.7. The third-order valence-corrected chi connectivity index (χ3v) is 4.65. The molecule has 1 aliphatic heterocycles. The van der Waals surface area contributed by atoms with Crippen molar-refractivity contribution in [2.75, 3.05) is 33.4 Å². The molecule has 0 aliphatic carbocycles. The number of nitrogens with one attached hydrogen (secondary N) is 2. The first-order valence-corrected chi connectivity index (χ1v) is 10.3. The molecule has 1 saturated heterocycles. The quantitative estimate of drug-likeness (QED) is 0.359. The molecule has 0 spiro atoms. The van der Waals surface area contributed by atoms with Crippen molar-refractivity contribution in [3.8, 4) is 11.5 Å². The number of hydrogen-bond donors (Lipinski definition) is 2. The van der Waals surface area contributed by atoms with Gasteiger partial charge < -0.3 is 24.6 Å². The summed E-state index contributed by atoms with van der Waals surface area (Å²) < 4.78 is 16.5. The van der Waals surface area contributed by atoms with E-state index in [2.05, 4.69) is 44.8 Å². The summed E-state index contributed by atoms with van der Waals surface area (Å²) in [7, 11) is 1.77. The van der Waals surface area contributed by atoms with Crippen molar-refractivity contribution < 1.29 is 14.0 Å². The van der Waals surface area contributed by atoms with E-state index in [9.17, 15) is 0 Å². The normalized spacial score (nSPS) is 16.9. The van der Waals surface area contributed by atoms with Gasteiger partial charge >= 0.3 is 0 Å². The fraction of sp³-hybridized carbons (Fsp3) is 0.571. The summed E-state index contributed by atoms with van der Waals surface area (Å²) in [6.07, 6.45) is 4.00. The highest BCUT2D eigenvalue weighted by molar-refractivity contribution is 5.79. The number of nitrogens with zero attached hydrogens (tertiary/aromatic N) is 3. The maximum atomic E-state index is 5.77. The number of benzene rings is 1. The molecule has 1 aliphatic rings. The Morgan fingerprint density at radius 3 is 3.07 bits per heavy atom. The van der Waals surface area contributed by atoms with Crippen LogP contribution in [0.5, 0.6) is 0 Å². The Balaban J connectivity index is 1.41. The highest BCUT2D eigenvalue weighted by Gasteiger charge is 2.15. The van der Waals surface area contributed by atoms with Crippen LogP contribution >= 0.6 is 0 Å². The van der Waals surface area contributed by atoms with Crippen LogP contribution in [0.4, 0.5) is 0 Å². The molecule has 1 unspecified atom stereocenters. The van der Waals surface area contributed by atoms with Gasteiger partial charge in [0.2, 0.25) is 0 Å². The van der Waals surface area contributed by atoms with Crippen LogP contribution in [-0.4, -0.2) is 55.6 Å². The third kappa shape index (κ3) is 6.83. The number of rotatable bonds is 10. The van der Waals surface area contributed by atoms with Crippen molar-refractivity contribution in [1.82, 2.24) is 20.8 Å². The Bertz CT molecular complexity index is 771. The van der Waals surface area contributed by atoms with E-state index in [1.165, 1.54) is 0 Å². The molecule has 2 aromatic rings. The Morgan fingerprint density at radius 2 is 2.28 bits per heavy atom. The van der Waals surface area contributed by atoms with Gasteiger partial charge in [-0.25, -0.2) is 0 Å². The van der Waals surface area contributed by atoms with Gasteiger partial charge in [0.1, 0.15) is 0 Å². The van der Waals surface area contributed by atoms with Crippen molar-refractivity contribution >= 4 is 5.96 Å². The molecule has 0 saturated carbocycles. The molecule has 0 radical (unpaired) electrons. The summed E-state index contributed by atoms with van der Waals surface area (Å²) in [5.74, 6) is 2.08. The minimum atomic E-state index is 0.261. The molecule has 8 heteroatoms. The van der Waals surface area contributed by atoms with Gasteiger partial charge in [-0.05, 0) is 37.0 Å². The van der Waals surface area contributed by atoms with E-state index in [0.717, 1.165) is 75.0 Å². The molecular weight excluding hydrogens is 370 g/mol. The lowest BCUT2D eigenvalue weighted by molar-refractivity contribution is 0.0420. The van der Waals surface area contributed by atoms with Crippen LogP contribution in [0.25, 0.3) is 11.5 Å². The van der Waals surface area contributed by atoms with Gasteiger partial charge in [-0.15, -0.1) is 0 Å². The SMILES string of the molecule is CCCc1noc(-c2cccc(CNC(=NC)NCCCOC3CCOC3)c2)n1. The third-order valence-electron chi connectivity index (χ3n) is 4.65. The molecule has 8 nitrogen and oxygen atoms in total. The van der Waals surface area contributed by atoms with Crippen LogP contribution in [0.15, 0.2) is 33.8 Å². The lowest BCUT2D eigenvalue weighted by atomic mass is 10.1. The van der Waals surface area contributed by atoms with Crippen LogP contribution in [0.3, 0.4) is 0 Å². The molecule has 1 fully saturated rings. The number of ether oxygens (including phenoxy) is 2. The highest BCUT2D eigenvalue weighted by atomic mass is 16.5. The fourth-order valence-electron chi connectivity index (χ4n) is 3.09. The van der Waals surface area contributed by atoms with E-state index in [1.54, 1.807) is 7.05 Å². The summed E-state index contributed by atoms with van der Waals surface area (Å²) >= 11 is 0. The maximum absolute atomic E-state index is 5.77. The van der Waals surface area contributed by atoms with E-state index in [-0.39, 0.29) is 6.10 Å². The predicted molar refractivity (Wildman–Crippen MR) is 112 cm³/mol. The second-order valence-corrected chi connectivity index (χ2v) is 7.03. The Morgan fingerprint density at radius 1 is 1.34 bits per heavy atom. The van der Waals surface area contributed by atoms with Gasteiger partial charge in [0.15, 0.2) is 11.8 Å². The maximum Gasteiger partial charge on any atom is 0.257 e. The number of hydrogen-bond acceptors (Lipinski definition) is 6. The first-order chi connectivity index (χ1) is 14.3. The molecular formula is C21H31N5O3. The lowest BCUT2D eigenvalue weighted by Crippen LogP contribution is -2.37. The number of aryl methyl sites for hydroxylation is 1. The molecule has 1 aromatic carbocycles. The van der Waals surface area contributed by atoms with Crippen molar-refractivity contribution in [3.63, 3.8) is 0 Å². The lowest BCUT2D eigenvalue weighted by Gasteiger charge is -2.13. The minimum absolute atomic E-state index is 0.261. The summed E-state index contributed by atoms with van der Waals surface area (Å²) in [6, 6.07) is 8.09. The zero-order valence-corrected chi connectivity index (χ0v) is 17.3. The van der Waals surface area contributed by atoms with Crippen molar-refractivity contribution in [3.05, 3.63) is 35.7 Å². The molecule has 0 bridgehead atoms. The number of aromatic nitrogens is 2. The molecule has 0 amide bonds.